The van der Waals surface area contributed by atoms with Gasteiger partial charge in [-0.15, -0.1) is 0 Å². The van der Waals surface area contributed by atoms with E-state index in [1.807, 2.05) is 0 Å². The Morgan fingerprint density at radius 2 is 2.08 bits per heavy atom. The Morgan fingerprint density at radius 3 is 2.54 bits per heavy atom. The molecule has 0 aromatic carbocycles. The van der Waals surface area contributed by atoms with Gasteiger partial charge in [0.1, 0.15) is 0 Å². The minimum Gasteiger partial charge on any atom is -0.393 e. The fourth-order valence-corrected chi connectivity index (χ4v) is 1.50. The molecule has 1 rings (SSSR count). The molecule has 3 N–H and O–H groups in total. The lowest BCUT2D eigenvalue weighted by Gasteiger charge is -2.29. The molecule has 1 heterocycles. The van der Waals surface area contributed by atoms with Gasteiger partial charge in [-0.1, -0.05) is 12.2 Å². The maximum atomic E-state index is 11.4. The van der Waals surface area contributed by atoms with Crippen LogP contribution >= 0.6 is 12.2 Å². The second-order valence-corrected chi connectivity index (χ2v) is 3.78. The SMILES string of the molecule is NC(=S)CC(=O)N1CCC(O)CC1. The van der Waals surface area contributed by atoms with Crippen molar-refractivity contribution in [2.45, 2.75) is 25.4 Å². The molecule has 1 amide bonds. The number of nitrogens with zero attached hydrogens (tertiary/aromatic N) is 1. The molecule has 0 atom stereocenters. The van der Waals surface area contributed by atoms with E-state index in [1.54, 1.807) is 4.90 Å². The van der Waals surface area contributed by atoms with Gasteiger partial charge in [-0.3, -0.25) is 4.79 Å². The van der Waals surface area contributed by atoms with E-state index in [2.05, 4.69) is 12.2 Å². The Bertz CT molecular complexity index is 212. The van der Waals surface area contributed by atoms with Crippen LogP contribution in [-0.4, -0.2) is 40.1 Å². The normalized spacial score (nSPS) is 18.7. The van der Waals surface area contributed by atoms with Crippen LogP contribution in [0.2, 0.25) is 0 Å². The number of nitrogens with two attached hydrogens (primary N) is 1. The maximum absolute atomic E-state index is 11.4. The van der Waals surface area contributed by atoms with Crippen molar-refractivity contribution < 1.29 is 9.90 Å². The highest BCUT2D eigenvalue weighted by Crippen LogP contribution is 2.10. The van der Waals surface area contributed by atoms with Gasteiger partial charge in [-0.25, -0.2) is 0 Å². The van der Waals surface area contributed by atoms with Gasteiger partial charge in [-0.05, 0) is 12.8 Å². The Hall–Kier alpha value is -0.680. The number of carbonyl (C=O) groups excluding carboxylic acids is 1. The molecule has 1 aliphatic rings. The van der Waals surface area contributed by atoms with Crippen LogP contribution in [0.15, 0.2) is 0 Å². The third-order valence-corrected chi connectivity index (χ3v) is 2.29. The molecule has 74 valence electrons. The molecule has 1 aliphatic heterocycles. The average molecular weight is 202 g/mol. The van der Waals surface area contributed by atoms with Gasteiger partial charge in [0.2, 0.25) is 5.91 Å². The van der Waals surface area contributed by atoms with Gasteiger partial charge >= 0.3 is 0 Å². The summed E-state index contributed by atoms with van der Waals surface area (Å²) < 4.78 is 0. The predicted molar refractivity (Wildman–Crippen MR) is 53.2 cm³/mol. The first-order chi connectivity index (χ1) is 6.09. The first kappa shape index (κ1) is 10.4. The fraction of sp³-hybridized carbons (Fsp3) is 0.750. The molecule has 0 bridgehead atoms. The molecular weight excluding hydrogens is 188 g/mol. The molecule has 0 aromatic rings. The highest BCUT2D eigenvalue weighted by Gasteiger charge is 2.21. The smallest absolute Gasteiger partial charge is 0.229 e. The molecule has 1 fully saturated rings. The minimum absolute atomic E-state index is 0.0283. The molecule has 0 spiro atoms. The summed E-state index contributed by atoms with van der Waals surface area (Å²) in [4.78, 5) is 13.3. The summed E-state index contributed by atoms with van der Waals surface area (Å²) in [5, 5.41) is 9.20. The van der Waals surface area contributed by atoms with E-state index >= 15 is 0 Å². The van der Waals surface area contributed by atoms with Gasteiger partial charge in [0.25, 0.3) is 0 Å². The zero-order valence-corrected chi connectivity index (χ0v) is 8.22. The Kier molecular flexibility index (Phi) is 3.62. The second kappa shape index (κ2) is 4.53. The number of aliphatic hydroxyl groups excluding tert-OH is 1. The Labute approximate surface area is 82.7 Å². The van der Waals surface area contributed by atoms with Gasteiger partial charge in [-0.2, -0.15) is 0 Å². The molecule has 0 saturated carbocycles. The molecular formula is C8H14N2O2S. The Balaban J connectivity index is 2.36. The first-order valence-electron chi connectivity index (χ1n) is 4.33. The average Bonchev–Trinajstić information content (AvgIpc) is 2.04. The molecule has 5 heteroatoms. The minimum atomic E-state index is -0.256. The first-order valence-corrected chi connectivity index (χ1v) is 4.74. The number of thiocarbonyl (C=S) groups is 1. The number of hydrogen-bond donors (Lipinski definition) is 2. The highest BCUT2D eigenvalue weighted by molar-refractivity contribution is 7.80. The zero-order chi connectivity index (χ0) is 9.84. The summed E-state index contributed by atoms with van der Waals surface area (Å²) in [5.74, 6) is -0.0283. The van der Waals surface area contributed by atoms with Crippen molar-refractivity contribution in [3.8, 4) is 0 Å². The van der Waals surface area contributed by atoms with Crippen LogP contribution < -0.4 is 5.73 Å². The van der Waals surface area contributed by atoms with E-state index < -0.39 is 0 Å². The number of rotatable bonds is 2. The van der Waals surface area contributed by atoms with E-state index in [9.17, 15) is 9.90 Å². The van der Waals surface area contributed by atoms with Crippen molar-refractivity contribution in [2.24, 2.45) is 5.73 Å². The number of hydrogen-bond acceptors (Lipinski definition) is 3. The second-order valence-electron chi connectivity index (χ2n) is 3.26. The van der Waals surface area contributed by atoms with Crippen molar-refractivity contribution in [1.29, 1.82) is 0 Å². The molecule has 0 aliphatic carbocycles. The highest BCUT2D eigenvalue weighted by atomic mass is 32.1. The predicted octanol–water partition coefficient (Wildman–Crippen LogP) is -0.354. The molecule has 0 radical (unpaired) electrons. The summed E-state index contributed by atoms with van der Waals surface area (Å²) in [6, 6.07) is 0. The van der Waals surface area contributed by atoms with Gasteiger partial charge in [0.05, 0.1) is 17.5 Å². The van der Waals surface area contributed by atoms with Crippen LogP contribution in [-0.2, 0) is 4.79 Å². The number of aliphatic hydroxyl groups is 1. The third kappa shape index (κ3) is 3.28. The van der Waals surface area contributed by atoms with Crippen LogP contribution in [0.4, 0.5) is 0 Å². The van der Waals surface area contributed by atoms with Crippen LogP contribution in [0.1, 0.15) is 19.3 Å². The van der Waals surface area contributed by atoms with E-state index in [1.165, 1.54) is 0 Å². The molecule has 13 heavy (non-hydrogen) atoms. The Morgan fingerprint density at radius 1 is 1.54 bits per heavy atom. The molecule has 4 nitrogen and oxygen atoms in total. The fourth-order valence-electron chi connectivity index (χ4n) is 1.38. The lowest BCUT2D eigenvalue weighted by Crippen LogP contribution is -2.41. The number of piperidine rings is 1. The summed E-state index contributed by atoms with van der Waals surface area (Å²) in [7, 11) is 0. The van der Waals surface area contributed by atoms with E-state index in [4.69, 9.17) is 5.73 Å². The number of likely N-dealkylation sites (tertiary alicyclic amines) is 1. The molecule has 0 aromatic heterocycles. The quantitative estimate of drug-likeness (QED) is 0.600. The van der Waals surface area contributed by atoms with Crippen LogP contribution in [0.25, 0.3) is 0 Å². The van der Waals surface area contributed by atoms with Gasteiger partial charge in [0.15, 0.2) is 0 Å². The van der Waals surface area contributed by atoms with Crippen molar-refractivity contribution >= 4 is 23.1 Å². The topological polar surface area (TPSA) is 66.6 Å². The molecule has 0 unspecified atom stereocenters. The number of amides is 1. The largest absolute Gasteiger partial charge is 0.393 e. The lowest BCUT2D eigenvalue weighted by molar-refractivity contribution is -0.131. The molecule has 1 saturated heterocycles. The summed E-state index contributed by atoms with van der Waals surface area (Å²) in [5.41, 5.74) is 5.26. The van der Waals surface area contributed by atoms with Crippen LogP contribution in [0.5, 0.6) is 0 Å². The van der Waals surface area contributed by atoms with Crippen LogP contribution in [0.3, 0.4) is 0 Å². The monoisotopic (exact) mass is 202 g/mol. The van der Waals surface area contributed by atoms with Crippen molar-refractivity contribution in [1.82, 2.24) is 4.90 Å². The van der Waals surface area contributed by atoms with Gasteiger partial charge < -0.3 is 15.7 Å². The van der Waals surface area contributed by atoms with E-state index in [0.29, 0.717) is 25.9 Å². The lowest BCUT2D eigenvalue weighted by atomic mass is 10.1. The number of carbonyl (C=O) groups is 1. The summed E-state index contributed by atoms with van der Waals surface area (Å²) >= 11 is 4.65. The van der Waals surface area contributed by atoms with E-state index in [-0.39, 0.29) is 23.4 Å². The third-order valence-electron chi connectivity index (χ3n) is 2.14. The van der Waals surface area contributed by atoms with Crippen molar-refractivity contribution in [3.63, 3.8) is 0 Å². The van der Waals surface area contributed by atoms with Crippen LogP contribution in [0, 0.1) is 0 Å². The van der Waals surface area contributed by atoms with E-state index in [0.717, 1.165) is 0 Å². The van der Waals surface area contributed by atoms with Crippen molar-refractivity contribution in [3.05, 3.63) is 0 Å². The van der Waals surface area contributed by atoms with Crippen molar-refractivity contribution in [2.75, 3.05) is 13.1 Å². The maximum Gasteiger partial charge on any atom is 0.229 e. The standard InChI is InChI=1S/C8H14N2O2S/c9-7(13)5-8(12)10-3-1-6(11)2-4-10/h6,11H,1-5H2,(H2,9,13). The summed E-state index contributed by atoms with van der Waals surface area (Å²) in [6.07, 6.45) is 1.20. The zero-order valence-electron chi connectivity index (χ0n) is 7.40. The summed E-state index contributed by atoms with van der Waals surface area (Å²) in [6.45, 7) is 1.23. The van der Waals surface area contributed by atoms with Gasteiger partial charge in [0, 0.05) is 13.1 Å².